The first-order valence-corrected chi connectivity index (χ1v) is 6.76. The Balaban J connectivity index is 2.10. The summed E-state index contributed by atoms with van der Waals surface area (Å²) in [5, 5.41) is 0. The number of rotatable bonds is 4. The maximum Gasteiger partial charge on any atom is 0.309 e. The molecule has 1 aliphatic carbocycles. The Morgan fingerprint density at radius 3 is 2.85 bits per heavy atom. The van der Waals surface area contributed by atoms with Gasteiger partial charge in [-0.15, -0.1) is 0 Å². The SMILES string of the molecule is CCOC(=O)C1CC=C(c2ccc(C=O)c(F)c2)CC1. The molecule has 4 heteroatoms. The van der Waals surface area contributed by atoms with Crippen LogP contribution in [0.5, 0.6) is 0 Å². The maximum absolute atomic E-state index is 13.6. The molecule has 0 heterocycles. The molecule has 106 valence electrons. The number of aldehydes is 1. The van der Waals surface area contributed by atoms with Crippen LogP contribution in [0.3, 0.4) is 0 Å². The number of hydrogen-bond donors (Lipinski definition) is 0. The van der Waals surface area contributed by atoms with Gasteiger partial charge < -0.3 is 4.74 Å². The Morgan fingerprint density at radius 1 is 1.50 bits per heavy atom. The summed E-state index contributed by atoms with van der Waals surface area (Å²) >= 11 is 0. The molecule has 0 spiro atoms. The van der Waals surface area contributed by atoms with Gasteiger partial charge in [0.1, 0.15) is 5.82 Å². The van der Waals surface area contributed by atoms with Crippen LogP contribution in [0.2, 0.25) is 0 Å². The van der Waals surface area contributed by atoms with Crippen molar-refractivity contribution in [3.63, 3.8) is 0 Å². The molecule has 0 N–H and O–H groups in total. The van der Waals surface area contributed by atoms with E-state index in [1.807, 2.05) is 6.08 Å². The lowest BCUT2D eigenvalue weighted by Gasteiger charge is -2.20. The summed E-state index contributed by atoms with van der Waals surface area (Å²) in [7, 11) is 0. The van der Waals surface area contributed by atoms with Crippen molar-refractivity contribution in [1.29, 1.82) is 0 Å². The monoisotopic (exact) mass is 276 g/mol. The molecule has 0 amide bonds. The maximum atomic E-state index is 13.6. The molecule has 0 fully saturated rings. The summed E-state index contributed by atoms with van der Waals surface area (Å²) in [5.74, 6) is -0.769. The van der Waals surface area contributed by atoms with Crippen LogP contribution in [0.15, 0.2) is 24.3 Å². The van der Waals surface area contributed by atoms with E-state index in [1.165, 1.54) is 12.1 Å². The Labute approximate surface area is 117 Å². The highest BCUT2D eigenvalue weighted by Gasteiger charge is 2.23. The van der Waals surface area contributed by atoms with Crippen molar-refractivity contribution in [2.45, 2.75) is 26.2 Å². The molecule has 1 unspecified atom stereocenters. The zero-order valence-electron chi connectivity index (χ0n) is 11.4. The highest BCUT2D eigenvalue weighted by atomic mass is 19.1. The lowest BCUT2D eigenvalue weighted by Crippen LogP contribution is -2.19. The van der Waals surface area contributed by atoms with Gasteiger partial charge in [0.25, 0.3) is 0 Å². The molecular formula is C16H17FO3. The zero-order valence-corrected chi connectivity index (χ0v) is 11.4. The van der Waals surface area contributed by atoms with Crippen molar-refractivity contribution < 1.29 is 18.7 Å². The fraction of sp³-hybridized carbons (Fsp3) is 0.375. The molecule has 1 aromatic carbocycles. The molecular weight excluding hydrogens is 259 g/mol. The van der Waals surface area contributed by atoms with Gasteiger partial charge in [-0.2, -0.15) is 0 Å². The van der Waals surface area contributed by atoms with Crippen LogP contribution in [0.25, 0.3) is 5.57 Å². The Kier molecular flexibility index (Phi) is 4.66. The average Bonchev–Trinajstić information content (AvgIpc) is 2.47. The fourth-order valence-corrected chi connectivity index (χ4v) is 2.39. The minimum atomic E-state index is -0.508. The lowest BCUT2D eigenvalue weighted by molar-refractivity contribution is -0.148. The van der Waals surface area contributed by atoms with Crippen LogP contribution in [-0.4, -0.2) is 18.9 Å². The van der Waals surface area contributed by atoms with Gasteiger partial charge in [-0.3, -0.25) is 9.59 Å². The molecule has 0 aromatic heterocycles. The topological polar surface area (TPSA) is 43.4 Å². The van der Waals surface area contributed by atoms with Crippen LogP contribution in [0, 0.1) is 11.7 Å². The highest BCUT2D eigenvalue weighted by Crippen LogP contribution is 2.31. The van der Waals surface area contributed by atoms with Gasteiger partial charge in [-0.1, -0.05) is 12.1 Å². The fourth-order valence-electron chi connectivity index (χ4n) is 2.39. The van der Waals surface area contributed by atoms with E-state index in [1.54, 1.807) is 13.0 Å². The summed E-state index contributed by atoms with van der Waals surface area (Å²) in [4.78, 5) is 22.2. The molecule has 20 heavy (non-hydrogen) atoms. The second kappa shape index (κ2) is 6.46. The third kappa shape index (κ3) is 3.13. The van der Waals surface area contributed by atoms with Crippen LogP contribution in [0.4, 0.5) is 4.39 Å². The largest absolute Gasteiger partial charge is 0.466 e. The first-order valence-electron chi connectivity index (χ1n) is 6.76. The van der Waals surface area contributed by atoms with Gasteiger partial charge >= 0.3 is 5.97 Å². The molecule has 0 saturated carbocycles. The second-order valence-corrected chi connectivity index (χ2v) is 4.81. The van der Waals surface area contributed by atoms with Gasteiger partial charge in [0, 0.05) is 0 Å². The second-order valence-electron chi connectivity index (χ2n) is 4.81. The molecule has 0 saturated heterocycles. The molecule has 0 radical (unpaired) electrons. The van der Waals surface area contributed by atoms with Gasteiger partial charge in [0.15, 0.2) is 6.29 Å². The van der Waals surface area contributed by atoms with Gasteiger partial charge in [-0.25, -0.2) is 4.39 Å². The van der Waals surface area contributed by atoms with E-state index in [-0.39, 0.29) is 17.5 Å². The minimum absolute atomic E-state index is 0.0644. The van der Waals surface area contributed by atoms with E-state index in [0.29, 0.717) is 32.2 Å². The molecule has 1 atom stereocenters. The average molecular weight is 276 g/mol. The van der Waals surface area contributed by atoms with Crippen molar-refractivity contribution in [3.05, 3.63) is 41.2 Å². The van der Waals surface area contributed by atoms with Crippen molar-refractivity contribution in [2.75, 3.05) is 6.61 Å². The molecule has 1 aliphatic rings. The van der Waals surface area contributed by atoms with E-state index in [2.05, 4.69) is 0 Å². The quantitative estimate of drug-likeness (QED) is 0.625. The standard InChI is InChI=1S/C16H17FO3/c1-2-20-16(19)12-5-3-11(4-6-12)13-7-8-14(10-18)15(17)9-13/h3,7-10,12H,2,4-6H2,1H3. The number of halogens is 1. The predicted octanol–water partition coefficient (Wildman–Crippen LogP) is 3.38. The zero-order chi connectivity index (χ0) is 14.5. The third-order valence-electron chi connectivity index (χ3n) is 3.53. The molecule has 0 bridgehead atoms. The van der Waals surface area contributed by atoms with Gasteiger partial charge in [0.05, 0.1) is 18.1 Å². The van der Waals surface area contributed by atoms with Crippen LogP contribution >= 0.6 is 0 Å². The van der Waals surface area contributed by atoms with Gasteiger partial charge in [-0.05, 0) is 49.5 Å². The van der Waals surface area contributed by atoms with Crippen molar-refractivity contribution >= 4 is 17.8 Å². The van der Waals surface area contributed by atoms with Crippen LogP contribution in [0.1, 0.15) is 42.1 Å². The highest BCUT2D eigenvalue weighted by molar-refractivity contribution is 5.78. The summed E-state index contributed by atoms with van der Waals surface area (Å²) in [6.45, 7) is 2.18. The van der Waals surface area contributed by atoms with E-state index >= 15 is 0 Å². The van der Waals surface area contributed by atoms with E-state index < -0.39 is 5.82 Å². The van der Waals surface area contributed by atoms with Crippen LogP contribution in [-0.2, 0) is 9.53 Å². The molecule has 2 rings (SSSR count). The van der Waals surface area contributed by atoms with E-state index in [0.717, 1.165) is 11.1 Å². The van der Waals surface area contributed by atoms with Crippen LogP contribution < -0.4 is 0 Å². The number of esters is 1. The Morgan fingerprint density at radius 2 is 2.30 bits per heavy atom. The normalized spacial score (nSPS) is 18.3. The number of allylic oxidation sites excluding steroid dienone is 2. The first kappa shape index (κ1) is 14.4. The Bertz CT molecular complexity index is 549. The summed E-state index contributed by atoms with van der Waals surface area (Å²) in [6, 6.07) is 4.60. The number of hydrogen-bond acceptors (Lipinski definition) is 3. The predicted molar refractivity (Wildman–Crippen MR) is 73.7 cm³/mol. The van der Waals surface area contributed by atoms with Crippen molar-refractivity contribution in [3.8, 4) is 0 Å². The molecule has 0 aliphatic heterocycles. The Hall–Kier alpha value is -1.97. The third-order valence-corrected chi connectivity index (χ3v) is 3.53. The number of ether oxygens (including phenoxy) is 1. The minimum Gasteiger partial charge on any atom is -0.466 e. The summed E-state index contributed by atoms with van der Waals surface area (Å²) in [5.41, 5.74) is 1.85. The van der Waals surface area contributed by atoms with Crippen molar-refractivity contribution in [1.82, 2.24) is 0 Å². The molecule has 3 nitrogen and oxygen atoms in total. The lowest BCUT2D eigenvalue weighted by atomic mass is 9.86. The number of benzene rings is 1. The molecule has 1 aromatic rings. The number of carbonyl (C=O) groups excluding carboxylic acids is 2. The number of carbonyl (C=O) groups is 2. The summed E-state index contributed by atoms with van der Waals surface area (Å²) in [6.07, 6.45) is 4.50. The first-order chi connectivity index (χ1) is 9.65. The smallest absolute Gasteiger partial charge is 0.309 e. The van der Waals surface area contributed by atoms with Gasteiger partial charge in [0.2, 0.25) is 0 Å². The van der Waals surface area contributed by atoms with E-state index in [9.17, 15) is 14.0 Å². The van der Waals surface area contributed by atoms with Crippen molar-refractivity contribution in [2.24, 2.45) is 5.92 Å². The van der Waals surface area contributed by atoms with E-state index in [4.69, 9.17) is 4.74 Å². The summed E-state index contributed by atoms with van der Waals surface area (Å²) < 4.78 is 18.6.